The van der Waals surface area contributed by atoms with Crippen LogP contribution < -0.4 is 14.8 Å². The van der Waals surface area contributed by atoms with Crippen molar-refractivity contribution in [2.24, 2.45) is 5.41 Å². The summed E-state index contributed by atoms with van der Waals surface area (Å²) in [6.07, 6.45) is 7.18. The fraction of sp³-hybridized carbons (Fsp3) is 0.300. The minimum Gasteiger partial charge on any atom is -0.497 e. The molecule has 0 aliphatic rings. The number of carbonyl (C=O) groups is 1. The van der Waals surface area contributed by atoms with E-state index >= 15 is 0 Å². The summed E-state index contributed by atoms with van der Waals surface area (Å²) in [7, 11) is 1.60. The van der Waals surface area contributed by atoms with E-state index in [1.807, 2.05) is 60.7 Å². The monoisotopic (exact) mass is 539 g/mol. The van der Waals surface area contributed by atoms with Crippen molar-refractivity contribution >= 4 is 22.6 Å². The van der Waals surface area contributed by atoms with Gasteiger partial charge < -0.3 is 14.8 Å². The van der Waals surface area contributed by atoms with Gasteiger partial charge in [-0.2, -0.15) is 10.2 Å². The van der Waals surface area contributed by atoms with Crippen molar-refractivity contribution in [2.45, 2.75) is 40.4 Å². The van der Waals surface area contributed by atoms with Gasteiger partial charge in [-0.15, -0.1) is 0 Å². The Bertz CT molecular complexity index is 1590. The molecule has 0 aliphatic heterocycles. The van der Waals surface area contributed by atoms with Crippen LogP contribution in [0.25, 0.3) is 11.0 Å². The van der Waals surface area contributed by atoms with Crippen molar-refractivity contribution < 1.29 is 14.3 Å². The maximum atomic E-state index is 12.4. The molecule has 0 aliphatic carbocycles. The summed E-state index contributed by atoms with van der Waals surface area (Å²) in [5, 5.41) is 13.1. The number of ketones is 1. The lowest BCUT2D eigenvalue weighted by atomic mass is 9.91. The number of fused-ring (bicyclic) bond motifs is 1. The summed E-state index contributed by atoms with van der Waals surface area (Å²) >= 11 is 0. The molecule has 0 amide bonds. The number of rotatable bonds is 11. The van der Waals surface area contributed by atoms with Crippen LogP contribution in [0.1, 0.15) is 37.5 Å². The summed E-state index contributed by atoms with van der Waals surface area (Å²) in [4.78, 5) is 21.3. The molecule has 0 saturated heterocycles. The molecule has 10 nitrogen and oxygen atoms in total. The van der Waals surface area contributed by atoms with Gasteiger partial charge in [0.15, 0.2) is 11.4 Å². The molecule has 3 aromatic heterocycles. The lowest BCUT2D eigenvalue weighted by molar-refractivity contribution is -0.128. The third kappa shape index (κ3) is 6.45. The Labute approximate surface area is 233 Å². The van der Waals surface area contributed by atoms with Crippen molar-refractivity contribution in [3.63, 3.8) is 0 Å². The van der Waals surface area contributed by atoms with Crippen molar-refractivity contribution in [2.75, 3.05) is 19.0 Å². The molecule has 0 unspecified atom stereocenters. The second kappa shape index (κ2) is 11.6. The molecule has 0 bridgehead atoms. The van der Waals surface area contributed by atoms with Crippen LogP contribution in [0.3, 0.4) is 0 Å². The first-order valence-corrected chi connectivity index (χ1v) is 13.1. The van der Waals surface area contributed by atoms with E-state index in [0.717, 1.165) is 23.1 Å². The van der Waals surface area contributed by atoms with Gasteiger partial charge in [0.1, 0.15) is 30.3 Å². The second-order valence-electron chi connectivity index (χ2n) is 10.6. The van der Waals surface area contributed by atoms with Crippen molar-refractivity contribution in [1.29, 1.82) is 0 Å². The summed E-state index contributed by atoms with van der Waals surface area (Å²) in [6, 6.07) is 15.9. The van der Waals surface area contributed by atoms with Crippen LogP contribution in [0.2, 0.25) is 0 Å². The maximum absolute atomic E-state index is 12.4. The number of nitrogens with one attached hydrogen (secondary N) is 1. The van der Waals surface area contributed by atoms with E-state index in [9.17, 15) is 4.79 Å². The van der Waals surface area contributed by atoms with Gasteiger partial charge in [-0.3, -0.25) is 14.2 Å². The Hall–Kier alpha value is -4.73. The zero-order valence-electron chi connectivity index (χ0n) is 23.2. The molecule has 3 heterocycles. The standard InChI is InChI=1S/C30H33N7O3/c1-30(2,3)27(38)19-40-26-14-24(39-4)11-10-23(26)15-31-28-25-18-37(35-29(25)33-20-32-28)17-22-8-6-21(7-9-22)16-36-13-5-12-34-36/h5-14,18,20H,15-17,19H2,1-4H3,(H,31,32,33,35). The van der Waals surface area contributed by atoms with Gasteiger partial charge in [-0.1, -0.05) is 45.0 Å². The molecule has 0 saturated carbocycles. The number of hydrogen-bond donors (Lipinski definition) is 1. The highest BCUT2D eigenvalue weighted by Crippen LogP contribution is 2.27. The van der Waals surface area contributed by atoms with Gasteiger partial charge in [0.2, 0.25) is 0 Å². The first-order valence-electron chi connectivity index (χ1n) is 13.1. The van der Waals surface area contributed by atoms with E-state index in [1.165, 1.54) is 11.9 Å². The first kappa shape index (κ1) is 26.9. The highest BCUT2D eigenvalue weighted by atomic mass is 16.5. The molecule has 0 spiro atoms. The predicted molar refractivity (Wildman–Crippen MR) is 152 cm³/mol. The van der Waals surface area contributed by atoms with Crippen molar-refractivity contribution in [1.82, 2.24) is 29.5 Å². The number of hydrogen-bond acceptors (Lipinski definition) is 8. The molecule has 1 N–H and O–H groups in total. The Morgan fingerprint density at radius 1 is 1.00 bits per heavy atom. The molecule has 206 valence electrons. The lowest BCUT2D eigenvalue weighted by Gasteiger charge is -2.18. The Kier molecular flexibility index (Phi) is 7.77. The summed E-state index contributed by atoms with van der Waals surface area (Å²) in [5.74, 6) is 1.92. The van der Waals surface area contributed by atoms with Gasteiger partial charge in [-0.25, -0.2) is 9.97 Å². The van der Waals surface area contributed by atoms with Gasteiger partial charge >= 0.3 is 0 Å². The molecule has 40 heavy (non-hydrogen) atoms. The number of methoxy groups -OCH3 is 1. The van der Waals surface area contributed by atoms with Crippen LogP contribution in [0.4, 0.5) is 5.82 Å². The zero-order valence-corrected chi connectivity index (χ0v) is 23.2. The van der Waals surface area contributed by atoms with E-state index in [4.69, 9.17) is 9.47 Å². The average Bonchev–Trinajstić information content (AvgIpc) is 3.61. The van der Waals surface area contributed by atoms with E-state index in [-0.39, 0.29) is 12.4 Å². The fourth-order valence-corrected chi connectivity index (χ4v) is 4.11. The maximum Gasteiger partial charge on any atom is 0.186 e. The molecule has 0 atom stereocenters. The Balaban J connectivity index is 1.28. The Morgan fingerprint density at radius 3 is 2.42 bits per heavy atom. The van der Waals surface area contributed by atoms with Crippen LogP contribution in [0, 0.1) is 5.41 Å². The number of benzene rings is 2. The van der Waals surface area contributed by atoms with E-state index in [0.29, 0.717) is 36.1 Å². The molecule has 2 aromatic carbocycles. The first-order chi connectivity index (χ1) is 19.3. The third-order valence-electron chi connectivity index (χ3n) is 6.55. The molecular weight excluding hydrogens is 506 g/mol. The van der Waals surface area contributed by atoms with Crippen LogP contribution >= 0.6 is 0 Å². The highest BCUT2D eigenvalue weighted by Gasteiger charge is 2.22. The van der Waals surface area contributed by atoms with E-state index < -0.39 is 5.41 Å². The van der Waals surface area contributed by atoms with E-state index in [1.54, 1.807) is 19.4 Å². The summed E-state index contributed by atoms with van der Waals surface area (Å²) in [6.45, 7) is 7.39. The van der Waals surface area contributed by atoms with Gasteiger partial charge in [0.25, 0.3) is 0 Å². The lowest BCUT2D eigenvalue weighted by Crippen LogP contribution is -2.26. The number of anilines is 1. The quantitative estimate of drug-likeness (QED) is 0.257. The summed E-state index contributed by atoms with van der Waals surface area (Å²) < 4.78 is 15.1. The molecule has 10 heteroatoms. The van der Waals surface area contributed by atoms with Gasteiger partial charge in [0.05, 0.1) is 25.6 Å². The van der Waals surface area contributed by atoms with Crippen LogP contribution in [-0.2, 0) is 24.4 Å². The van der Waals surface area contributed by atoms with Gasteiger partial charge in [-0.05, 0) is 29.3 Å². The normalized spacial score (nSPS) is 11.5. The van der Waals surface area contributed by atoms with Crippen molar-refractivity contribution in [3.05, 3.63) is 90.1 Å². The van der Waals surface area contributed by atoms with Crippen LogP contribution in [0.5, 0.6) is 11.5 Å². The highest BCUT2D eigenvalue weighted by molar-refractivity contribution is 5.86. The number of aromatic nitrogens is 6. The van der Waals surface area contributed by atoms with Crippen molar-refractivity contribution in [3.8, 4) is 11.5 Å². The minimum absolute atomic E-state index is 0.0155. The third-order valence-corrected chi connectivity index (χ3v) is 6.55. The largest absolute Gasteiger partial charge is 0.497 e. The number of Topliss-reactive ketones (excluding diaryl/α,β-unsaturated/α-hetero) is 1. The molecule has 5 aromatic rings. The SMILES string of the molecule is COc1ccc(CNc2ncnc3nn(Cc4ccc(Cn5cccn5)cc4)cc23)c(OCC(=O)C(C)(C)C)c1. The number of carbonyl (C=O) groups excluding carboxylic acids is 1. The van der Waals surface area contributed by atoms with Crippen LogP contribution in [-0.4, -0.2) is 49.0 Å². The molecule has 0 radical (unpaired) electrons. The average molecular weight is 540 g/mol. The topological polar surface area (TPSA) is 109 Å². The number of ether oxygens (including phenoxy) is 2. The molecule has 5 rings (SSSR count). The molecular formula is C30H33N7O3. The van der Waals surface area contributed by atoms with Gasteiger partial charge in [0, 0.05) is 42.2 Å². The summed E-state index contributed by atoms with van der Waals surface area (Å²) in [5.41, 5.74) is 3.31. The van der Waals surface area contributed by atoms with E-state index in [2.05, 4.69) is 49.7 Å². The van der Waals surface area contributed by atoms with Crippen LogP contribution in [0.15, 0.2) is 73.4 Å². The fourth-order valence-electron chi connectivity index (χ4n) is 4.11. The zero-order chi connectivity index (χ0) is 28.1. The molecule has 0 fully saturated rings. The minimum atomic E-state index is -0.480. The smallest absolute Gasteiger partial charge is 0.186 e. The Morgan fingerprint density at radius 2 is 1.75 bits per heavy atom. The number of nitrogens with zero attached hydrogens (tertiary/aromatic N) is 6. The predicted octanol–water partition coefficient (Wildman–Crippen LogP) is 4.73. The second-order valence-corrected chi connectivity index (χ2v) is 10.6.